The zero-order chi connectivity index (χ0) is 20.8. The molecule has 1 aromatic carbocycles. The molecule has 0 atom stereocenters. The van der Waals surface area contributed by atoms with Crippen molar-refractivity contribution in [2.24, 2.45) is 14.1 Å². The lowest BCUT2D eigenvalue weighted by Crippen LogP contribution is -2.38. The molecule has 0 saturated carbocycles. The van der Waals surface area contributed by atoms with Gasteiger partial charge in [-0.2, -0.15) is 0 Å². The van der Waals surface area contributed by atoms with Gasteiger partial charge >= 0.3 is 5.69 Å². The van der Waals surface area contributed by atoms with Gasteiger partial charge in [0.05, 0.1) is 4.92 Å². The van der Waals surface area contributed by atoms with Crippen LogP contribution in [0.5, 0.6) is 0 Å². The Morgan fingerprint density at radius 1 is 1.04 bits per heavy atom. The van der Waals surface area contributed by atoms with Crippen LogP contribution < -0.4 is 11.2 Å². The first kappa shape index (κ1) is 21.6. The SMILES string of the molecule is CC(C)N(CCCc1cc(=O)n(C)c(=O)n1C)CCc1ccc([N+](=O)[O-])cc1. The number of hydrogen-bond donors (Lipinski definition) is 0. The van der Waals surface area contributed by atoms with Crippen LogP contribution in [0.1, 0.15) is 31.5 Å². The van der Waals surface area contributed by atoms with Gasteiger partial charge in [-0.1, -0.05) is 12.1 Å². The number of benzene rings is 1. The number of nitro benzene ring substituents is 1. The zero-order valence-corrected chi connectivity index (χ0v) is 16.9. The summed E-state index contributed by atoms with van der Waals surface area (Å²) in [6.07, 6.45) is 2.29. The minimum Gasteiger partial charge on any atom is -0.301 e. The average Bonchev–Trinajstić information content (AvgIpc) is 2.66. The van der Waals surface area contributed by atoms with Crippen LogP contribution in [-0.2, 0) is 26.9 Å². The summed E-state index contributed by atoms with van der Waals surface area (Å²) < 4.78 is 2.63. The van der Waals surface area contributed by atoms with Gasteiger partial charge in [0, 0.05) is 50.6 Å². The number of nitrogens with zero attached hydrogens (tertiary/aromatic N) is 4. The number of rotatable bonds is 9. The minimum absolute atomic E-state index is 0.101. The Morgan fingerprint density at radius 3 is 2.25 bits per heavy atom. The first-order chi connectivity index (χ1) is 13.2. The van der Waals surface area contributed by atoms with Gasteiger partial charge in [-0.15, -0.1) is 0 Å². The average molecular weight is 388 g/mol. The summed E-state index contributed by atoms with van der Waals surface area (Å²) in [6, 6.07) is 8.54. The fourth-order valence-corrected chi connectivity index (χ4v) is 3.17. The van der Waals surface area contributed by atoms with Crippen LogP contribution in [0.3, 0.4) is 0 Å². The Bertz CT molecular complexity index is 929. The maximum absolute atomic E-state index is 12.0. The summed E-state index contributed by atoms with van der Waals surface area (Å²) >= 11 is 0. The van der Waals surface area contributed by atoms with Gasteiger partial charge in [0.2, 0.25) is 0 Å². The molecule has 0 aliphatic carbocycles. The highest BCUT2D eigenvalue weighted by Crippen LogP contribution is 2.13. The van der Waals surface area contributed by atoms with E-state index < -0.39 is 4.92 Å². The molecule has 0 radical (unpaired) electrons. The first-order valence-electron chi connectivity index (χ1n) is 9.44. The Kier molecular flexibility index (Phi) is 7.28. The van der Waals surface area contributed by atoms with Crippen LogP contribution in [0.15, 0.2) is 39.9 Å². The van der Waals surface area contributed by atoms with Crippen LogP contribution in [0.4, 0.5) is 5.69 Å². The second-order valence-electron chi connectivity index (χ2n) is 7.28. The molecule has 28 heavy (non-hydrogen) atoms. The minimum atomic E-state index is -0.394. The maximum atomic E-state index is 12.0. The van der Waals surface area contributed by atoms with E-state index in [2.05, 4.69) is 18.7 Å². The molecule has 0 amide bonds. The third-order valence-corrected chi connectivity index (χ3v) is 5.07. The zero-order valence-electron chi connectivity index (χ0n) is 16.9. The van der Waals surface area contributed by atoms with Gasteiger partial charge < -0.3 is 9.47 Å². The van der Waals surface area contributed by atoms with Crippen molar-refractivity contribution in [1.82, 2.24) is 14.0 Å². The van der Waals surface area contributed by atoms with Gasteiger partial charge in [-0.25, -0.2) is 4.79 Å². The molecule has 152 valence electrons. The molecule has 0 bridgehead atoms. The Labute approximate surface area is 164 Å². The highest BCUT2D eigenvalue weighted by molar-refractivity contribution is 5.32. The van der Waals surface area contributed by atoms with E-state index in [0.29, 0.717) is 12.5 Å². The Balaban J connectivity index is 1.94. The lowest BCUT2D eigenvalue weighted by molar-refractivity contribution is -0.384. The predicted octanol–water partition coefficient (Wildman–Crippen LogP) is 1.88. The van der Waals surface area contributed by atoms with Crippen molar-refractivity contribution >= 4 is 5.69 Å². The highest BCUT2D eigenvalue weighted by atomic mass is 16.6. The third-order valence-electron chi connectivity index (χ3n) is 5.07. The summed E-state index contributed by atoms with van der Waals surface area (Å²) in [5.74, 6) is 0. The number of non-ortho nitro benzene ring substituents is 1. The van der Waals surface area contributed by atoms with Crippen LogP contribution >= 0.6 is 0 Å². The van der Waals surface area contributed by atoms with Gasteiger partial charge in [0.1, 0.15) is 0 Å². The summed E-state index contributed by atoms with van der Waals surface area (Å²) in [5.41, 5.74) is 1.32. The van der Waals surface area contributed by atoms with E-state index >= 15 is 0 Å². The van der Waals surface area contributed by atoms with Crippen molar-refractivity contribution in [3.05, 3.63) is 72.5 Å². The number of aryl methyl sites for hydroxylation is 1. The lowest BCUT2D eigenvalue weighted by Gasteiger charge is -2.26. The molecular weight excluding hydrogens is 360 g/mol. The second-order valence-corrected chi connectivity index (χ2v) is 7.28. The molecule has 8 heteroatoms. The molecule has 0 unspecified atom stereocenters. The number of hydrogen-bond acceptors (Lipinski definition) is 5. The van der Waals surface area contributed by atoms with Gasteiger partial charge in [-0.3, -0.25) is 19.5 Å². The van der Waals surface area contributed by atoms with Crippen LogP contribution in [0.2, 0.25) is 0 Å². The lowest BCUT2D eigenvalue weighted by atomic mass is 10.1. The molecule has 0 aliphatic rings. The number of nitro groups is 1. The molecule has 0 N–H and O–H groups in total. The standard InChI is InChI=1S/C20H28N4O4/c1-15(2)23(13-11-16-7-9-17(10-8-16)24(27)28)12-5-6-18-14-19(25)22(4)20(26)21(18)3/h7-10,14-15H,5-6,11-13H2,1-4H3. The van der Waals surface area contributed by atoms with E-state index in [-0.39, 0.29) is 16.9 Å². The molecule has 0 saturated heterocycles. The van der Waals surface area contributed by atoms with Gasteiger partial charge in [0.25, 0.3) is 11.2 Å². The molecule has 0 fully saturated rings. The first-order valence-corrected chi connectivity index (χ1v) is 9.44. The molecule has 2 rings (SSSR count). The van der Waals surface area contributed by atoms with Crippen molar-refractivity contribution < 1.29 is 4.92 Å². The van der Waals surface area contributed by atoms with Crippen molar-refractivity contribution in [2.45, 2.75) is 39.2 Å². The highest BCUT2D eigenvalue weighted by Gasteiger charge is 2.12. The molecule has 2 aromatic rings. The van der Waals surface area contributed by atoms with E-state index in [1.807, 2.05) is 0 Å². The smallest absolute Gasteiger partial charge is 0.301 e. The van der Waals surface area contributed by atoms with Crippen LogP contribution in [0, 0.1) is 10.1 Å². The van der Waals surface area contributed by atoms with Gasteiger partial charge in [0.15, 0.2) is 0 Å². The molecule has 1 aromatic heterocycles. The fraction of sp³-hybridized carbons (Fsp3) is 0.500. The summed E-state index contributed by atoms with van der Waals surface area (Å²) in [7, 11) is 3.17. The predicted molar refractivity (Wildman–Crippen MR) is 109 cm³/mol. The molecular formula is C20H28N4O4. The second kappa shape index (κ2) is 9.45. The van der Waals surface area contributed by atoms with Crippen molar-refractivity contribution in [1.29, 1.82) is 0 Å². The molecule has 0 spiro atoms. The maximum Gasteiger partial charge on any atom is 0.330 e. The van der Waals surface area contributed by atoms with E-state index in [1.54, 1.807) is 19.2 Å². The third kappa shape index (κ3) is 5.39. The van der Waals surface area contributed by atoms with Crippen LogP contribution in [0.25, 0.3) is 0 Å². The normalized spacial score (nSPS) is 11.4. The van der Waals surface area contributed by atoms with Crippen molar-refractivity contribution in [2.75, 3.05) is 13.1 Å². The summed E-state index contributed by atoms with van der Waals surface area (Å²) in [6.45, 7) is 5.94. The quantitative estimate of drug-likeness (QED) is 0.483. The van der Waals surface area contributed by atoms with Crippen molar-refractivity contribution in [3.63, 3.8) is 0 Å². The van der Waals surface area contributed by atoms with E-state index in [1.165, 1.54) is 29.8 Å². The van der Waals surface area contributed by atoms with E-state index in [4.69, 9.17) is 0 Å². The van der Waals surface area contributed by atoms with Crippen molar-refractivity contribution in [3.8, 4) is 0 Å². The summed E-state index contributed by atoms with van der Waals surface area (Å²) in [5, 5.41) is 10.7. The molecule has 1 heterocycles. The Morgan fingerprint density at radius 2 is 1.68 bits per heavy atom. The summed E-state index contributed by atoms with van der Waals surface area (Å²) in [4.78, 5) is 36.5. The molecule has 8 nitrogen and oxygen atoms in total. The van der Waals surface area contributed by atoms with E-state index in [0.717, 1.165) is 41.8 Å². The molecule has 0 aliphatic heterocycles. The monoisotopic (exact) mass is 388 g/mol. The van der Waals surface area contributed by atoms with Gasteiger partial charge in [-0.05, 0) is 45.2 Å². The fourth-order valence-electron chi connectivity index (χ4n) is 3.17. The van der Waals surface area contributed by atoms with Crippen LogP contribution in [-0.4, -0.2) is 38.1 Å². The topological polar surface area (TPSA) is 90.4 Å². The Hall–Kier alpha value is -2.74. The largest absolute Gasteiger partial charge is 0.330 e. The van der Waals surface area contributed by atoms with E-state index in [9.17, 15) is 19.7 Å². The number of aromatic nitrogens is 2.